The van der Waals surface area contributed by atoms with Crippen molar-refractivity contribution < 1.29 is 4.39 Å². The van der Waals surface area contributed by atoms with Crippen molar-refractivity contribution in [3.05, 3.63) is 34.6 Å². The van der Waals surface area contributed by atoms with Crippen molar-refractivity contribution in [3.8, 4) is 0 Å². The fraction of sp³-hybridized carbons (Fsp3) is 0.600. The maximum absolute atomic E-state index is 13.3. The van der Waals surface area contributed by atoms with E-state index in [1.54, 1.807) is 12.1 Å². The predicted molar refractivity (Wildman–Crippen MR) is 74.2 cm³/mol. The number of benzene rings is 1. The summed E-state index contributed by atoms with van der Waals surface area (Å²) >= 11 is 6.16. The quantitative estimate of drug-likeness (QED) is 0.875. The Morgan fingerprint density at radius 1 is 1.39 bits per heavy atom. The third-order valence-electron chi connectivity index (χ3n) is 4.34. The van der Waals surface area contributed by atoms with Crippen molar-refractivity contribution in [1.29, 1.82) is 0 Å². The maximum atomic E-state index is 13.3. The van der Waals surface area contributed by atoms with E-state index >= 15 is 0 Å². The molecule has 0 unspecified atom stereocenters. The molecular weight excluding hydrogens is 249 g/mol. The molecule has 0 aromatic heterocycles. The van der Waals surface area contributed by atoms with E-state index in [9.17, 15) is 4.39 Å². The molecule has 0 amide bonds. The number of hydrogen-bond acceptors (Lipinski definition) is 1. The van der Waals surface area contributed by atoms with Crippen LogP contribution in [0.4, 0.5) is 4.39 Å². The Bertz CT molecular complexity index is 411. The van der Waals surface area contributed by atoms with E-state index in [0.717, 1.165) is 30.7 Å². The second-order valence-corrected chi connectivity index (χ2v) is 6.21. The second kappa shape index (κ2) is 5.58. The first-order chi connectivity index (χ1) is 8.54. The SMILES string of the molecule is CC1CCC(CN)(Cc2cc(F)ccc2Cl)CC1. The lowest BCUT2D eigenvalue weighted by Gasteiger charge is -2.39. The Hall–Kier alpha value is -0.600. The summed E-state index contributed by atoms with van der Waals surface area (Å²) < 4.78 is 13.3. The van der Waals surface area contributed by atoms with Crippen LogP contribution >= 0.6 is 11.6 Å². The van der Waals surface area contributed by atoms with Crippen LogP contribution in [-0.2, 0) is 6.42 Å². The molecule has 0 aliphatic heterocycles. The molecule has 1 aliphatic rings. The zero-order valence-electron chi connectivity index (χ0n) is 10.9. The molecular formula is C15H21ClFN. The molecule has 2 N–H and O–H groups in total. The van der Waals surface area contributed by atoms with Crippen LogP contribution < -0.4 is 5.73 Å². The lowest BCUT2D eigenvalue weighted by Crippen LogP contribution is -2.36. The summed E-state index contributed by atoms with van der Waals surface area (Å²) in [5.41, 5.74) is 7.00. The van der Waals surface area contributed by atoms with Crippen LogP contribution in [0, 0.1) is 17.2 Å². The molecule has 100 valence electrons. The van der Waals surface area contributed by atoms with Crippen molar-refractivity contribution >= 4 is 11.6 Å². The van der Waals surface area contributed by atoms with Crippen molar-refractivity contribution in [3.63, 3.8) is 0 Å². The largest absolute Gasteiger partial charge is 0.330 e. The van der Waals surface area contributed by atoms with Gasteiger partial charge in [0.25, 0.3) is 0 Å². The fourth-order valence-corrected chi connectivity index (χ4v) is 3.09. The van der Waals surface area contributed by atoms with E-state index in [1.807, 2.05) is 0 Å². The third kappa shape index (κ3) is 3.04. The molecule has 1 nitrogen and oxygen atoms in total. The van der Waals surface area contributed by atoms with Gasteiger partial charge in [-0.2, -0.15) is 0 Å². The van der Waals surface area contributed by atoms with Crippen LogP contribution in [0.3, 0.4) is 0 Å². The Balaban J connectivity index is 2.17. The summed E-state index contributed by atoms with van der Waals surface area (Å²) in [6, 6.07) is 4.60. The van der Waals surface area contributed by atoms with E-state index in [-0.39, 0.29) is 11.2 Å². The Labute approximate surface area is 114 Å². The minimum absolute atomic E-state index is 0.115. The summed E-state index contributed by atoms with van der Waals surface area (Å²) in [7, 11) is 0. The number of nitrogens with two attached hydrogens (primary N) is 1. The van der Waals surface area contributed by atoms with Gasteiger partial charge in [-0.15, -0.1) is 0 Å². The molecule has 2 rings (SSSR count). The van der Waals surface area contributed by atoms with Gasteiger partial charge in [-0.3, -0.25) is 0 Å². The highest BCUT2D eigenvalue weighted by atomic mass is 35.5. The highest BCUT2D eigenvalue weighted by molar-refractivity contribution is 6.31. The number of hydrogen-bond donors (Lipinski definition) is 1. The van der Waals surface area contributed by atoms with Gasteiger partial charge in [0.1, 0.15) is 5.82 Å². The lowest BCUT2D eigenvalue weighted by atomic mass is 9.68. The van der Waals surface area contributed by atoms with E-state index < -0.39 is 0 Å². The summed E-state index contributed by atoms with van der Waals surface area (Å²) in [6.07, 6.45) is 5.47. The van der Waals surface area contributed by atoms with E-state index in [1.165, 1.54) is 18.9 Å². The van der Waals surface area contributed by atoms with Crippen molar-refractivity contribution in [2.45, 2.75) is 39.0 Å². The number of rotatable bonds is 3. The molecule has 3 heteroatoms. The molecule has 0 heterocycles. The van der Waals surface area contributed by atoms with E-state index in [4.69, 9.17) is 17.3 Å². The van der Waals surface area contributed by atoms with Crippen LogP contribution in [0.5, 0.6) is 0 Å². The van der Waals surface area contributed by atoms with Crippen molar-refractivity contribution in [2.24, 2.45) is 17.1 Å². The van der Waals surface area contributed by atoms with Crippen molar-refractivity contribution in [1.82, 2.24) is 0 Å². The summed E-state index contributed by atoms with van der Waals surface area (Å²) in [6.45, 7) is 2.95. The predicted octanol–water partition coefficient (Wildman–Crippen LogP) is 4.18. The minimum atomic E-state index is -0.217. The first kappa shape index (κ1) is 13.8. The molecule has 1 aromatic rings. The Kier molecular flexibility index (Phi) is 4.29. The molecule has 0 radical (unpaired) electrons. The molecule has 0 saturated heterocycles. The maximum Gasteiger partial charge on any atom is 0.123 e. The van der Waals surface area contributed by atoms with E-state index in [2.05, 4.69) is 6.92 Å². The monoisotopic (exact) mass is 269 g/mol. The van der Waals surface area contributed by atoms with Gasteiger partial charge >= 0.3 is 0 Å². The average Bonchev–Trinajstić information content (AvgIpc) is 2.37. The van der Waals surface area contributed by atoms with Gasteiger partial charge in [0.05, 0.1) is 0 Å². The van der Waals surface area contributed by atoms with Gasteiger partial charge in [-0.25, -0.2) is 4.39 Å². The molecule has 18 heavy (non-hydrogen) atoms. The summed E-state index contributed by atoms with van der Waals surface area (Å²) in [5, 5.41) is 0.655. The normalized spacial score (nSPS) is 28.3. The third-order valence-corrected chi connectivity index (χ3v) is 4.71. The molecule has 0 bridgehead atoms. The zero-order chi connectivity index (χ0) is 13.2. The topological polar surface area (TPSA) is 26.0 Å². The van der Waals surface area contributed by atoms with E-state index in [0.29, 0.717) is 11.6 Å². The van der Waals surface area contributed by atoms with Gasteiger partial charge in [-0.05, 0) is 60.9 Å². The van der Waals surface area contributed by atoms with Crippen LogP contribution in [0.2, 0.25) is 5.02 Å². The highest BCUT2D eigenvalue weighted by Gasteiger charge is 2.33. The second-order valence-electron chi connectivity index (χ2n) is 5.80. The molecule has 1 aliphatic carbocycles. The Morgan fingerprint density at radius 3 is 2.67 bits per heavy atom. The van der Waals surface area contributed by atoms with Gasteiger partial charge in [0.15, 0.2) is 0 Å². The lowest BCUT2D eigenvalue weighted by molar-refractivity contribution is 0.163. The van der Waals surface area contributed by atoms with Crippen LogP contribution in [0.15, 0.2) is 18.2 Å². The smallest absolute Gasteiger partial charge is 0.123 e. The van der Waals surface area contributed by atoms with Crippen LogP contribution in [0.1, 0.15) is 38.2 Å². The molecule has 0 atom stereocenters. The van der Waals surface area contributed by atoms with Gasteiger partial charge < -0.3 is 5.73 Å². The molecule has 1 saturated carbocycles. The molecule has 1 fully saturated rings. The minimum Gasteiger partial charge on any atom is -0.330 e. The molecule has 0 spiro atoms. The standard InChI is InChI=1S/C15H21ClFN/c1-11-4-6-15(10-18,7-5-11)9-12-8-13(17)2-3-14(12)16/h2-3,8,11H,4-7,9-10,18H2,1H3. The van der Waals surface area contributed by atoms with Crippen LogP contribution in [-0.4, -0.2) is 6.54 Å². The fourth-order valence-electron chi connectivity index (χ4n) is 2.91. The summed E-state index contributed by atoms with van der Waals surface area (Å²) in [4.78, 5) is 0. The highest BCUT2D eigenvalue weighted by Crippen LogP contribution is 2.41. The number of halogens is 2. The first-order valence-electron chi connectivity index (χ1n) is 6.69. The molecule has 1 aromatic carbocycles. The zero-order valence-corrected chi connectivity index (χ0v) is 11.6. The average molecular weight is 270 g/mol. The van der Waals surface area contributed by atoms with Gasteiger partial charge in [0.2, 0.25) is 0 Å². The van der Waals surface area contributed by atoms with Crippen LogP contribution in [0.25, 0.3) is 0 Å². The summed E-state index contributed by atoms with van der Waals surface area (Å²) in [5.74, 6) is 0.568. The Morgan fingerprint density at radius 2 is 2.06 bits per heavy atom. The van der Waals surface area contributed by atoms with Gasteiger partial charge in [0, 0.05) is 5.02 Å². The first-order valence-corrected chi connectivity index (χ1v) is 7.06. The van der Waals surface area contributed by atoms with Gasteiger partial charge in [-0.1, -0.05) is 31.4 Å². The van der Waals surface area contributed by atoms with Crippen molar-refractivity contribution in [2.75, 3.05) is 6.54 Å².